The highest BCUT2D eigenvalue weighted by molar-refractivity contribution is 5.81. The van der Waals surface area contributed by atoms with Gasteiger partial charge in [-0.15, -0.1) is 0 Å². The third kappa shape index (κ3) is 7.53. The van der Waals surface area contributed by atoms with Crippen molar-refractivity contribution in [2.24, 2.45) is 13.0 Å². The molecule has 0 unspecified atom stereocenters. The molecule has 4 rings (SSSR count). The van der Waals surface area contributed by atoms with E-state index in [1.54, 1.807) is 31.9 Å². The molecule has 1 aromatic carbocycles. The molecular weight excluding hydrogens is 466 g/mol. The van der Waals surface area contributed by atoms with E-state index in [-0.39, 0.29) is 23.3 Å². The number of hydrogen-bond acceptors (Lipinski definition) is 5. The van der Waals surface area contributed by atoms with Crippen LogP contribution in [0.25, 0.3) is 0 Å². The van der Waals surface area contributed by atoms with E-state index in [2.05, 4.69) is 28.4 Å². The van der Waals surface area contributed by atoms with Crippen molar-refractivity contribution in [3.05, 3.63) is 69.1 Å². The van der Waals surface area contributed by atoms with Crippen LogP contribution in [0.1, 0.15) is 60.3 Å². The second kappa shape index (κ2) is 13.4. The summed E-state index contributed by atoms with van der Waals surface area (Å²) in [6.45, 7) is 3.64. The Kier molecular flexibility index (Phi) is 9.95. The van der Waals surface area contributed by atoms with Crippen molar-refractivity contribution >= 4 is 5.91 Å². The zero-order chi connectivity index (χ0) is 26.2. The number of nitrogens with zero attached hydrogens (tertiary/aromatic N) is 2. The van der Waals surface area contributed by atoms with Crippen molar-refractivity contribution in [2.45, 2.75) is 63.5 Å². The molecule has 2 aliphatic rings. The number of ether oxygens (including phenoxy) is 2. The lowest BCUT2D eigenvalue weighted by atomic mass is 9.80. The van der Waals surface area contributed by atoms with Gasteiger partial charge in [-0.25, -0.2) is 0 Å². The Balaban J connectivity index is 1.55. The van der Waals surface area contributed by atoms with Gasteiger partial charge >= 0.3 is 0 Å². The predicted octanol–water partition coefficient (Wildman–Crippen LogP) is 3.43. The summed E-state index contributed by atoms with van der Waals surface area (Å²) in [6, 6.07) is 10.9. The minimum Gasteiger partial charge on any atom is -0.385 e. The maximum Gasteiger partial charge on any atom is 0.250 e. The Morgan fingerprint density at radius 1 is 1.00 bits per heavy atom. The van der Waals surface area contributed by atoms with Crippen LogP contribution in [-0.2, 0) is 40.7 Å². The number of aryl methyl sites for hydroxylation is 3. The van der Waals surface area contributed by atoms with Gasteiger partial charge in [0, 0.05) is 65.9 Å². The number of carbonyl (C=O) groups excluding carboxylic acids is 1. The van der Waals surface area contributed by atoms with Gasteiger partial charge in [-0.3, -0.25) is 9.59 Å². The predicted molar refractivity (Wildman–Crippen MR) is 146 cm³/mol. The molecule has 202 valence electrons. The van der Waals surface area contributed by atoms with E-state index in [9.17, 15) is 9.59 Å². The van der Waals surface area contributed by atoms with E-state index >= 15 is 0 Å². The third-order valence-electron chi connectivity index (χ3n) is 7.72. The minimum absolute atomic E-state index is 0.0208. The van der Waals surface area contributed by atoms with Crippen molar-refractivity contribution in [1.82, 2.24) is 14.8 Å². The number of pyridine rings is 1. The Labute approximate surface area is 221 Å². The third-order valence-corrected chi connectivity index (χ3v) is 7.72. The van der Waals surface area contributed by atoms with Gasteiger partial charge in [0.1, 0.15) is 0 Å². The first-order valence-corrected chi connectivity index (χ1v) is 13.8. The second-order valence-electron chi connectivity index (χ2n) is 10.7. The monoisotopic (exact) mass is 509 g/mol. The normalized spacial score (nSPS) is 19.6. The van der Waals surface area contributed by atoms with E-state index < -0.39 is 0 Å². The van der Waals surface area contributed by atoms with Gasteiger partial charge in [0.2, 0.25) is 5.91 Å². The number of benzene rings is 1. The number of rotatable bonds is 13. The van der Waals surface area contributed by atoms with Crippen LogP contribution in [0.5, 0.6) is 0 Å². The topological polar surface area (TPSA) is 72.8 Å². The Hall–Kier alpha value is -2.48. The number of methoxy groups -OCH3 is 2. The van der Waals surface area contributed by atoms with Crippen molar-refractivity contribution in [3.8, 4) is 0 Å². The van der Waals surface area contributed by atoms with E-state index in [0.717, 1.165) is 70.3 Å². The molecular formula is C30H43N3O4. The fraction of sp³-hybridized carbons (Fsp3) is 0.600. The molecule has 7 nitrogen and oxygen atoms in total. The molecule has 1 N–H and O–H groups in total. The summed E-state index contributed by atoms with van der Waals surface area (Å²) in [5, 5.41) is 3.44. The van der Waals surface area contributed by atoms with Crippen LogP contribution < -0.4 is 10.9 Å². The molecule has 1 aliphatic heterocycles. The molecule has 2 fully saturated rings. The molecule has 2 aromatic rings. The fourth-order valence-corrected chi connectivity index (χ4v) is 5.55. The minimum atomic E-state index is -0.160. The standard InChI is InChI=1S/C30H43N3O4/c1-32-13-11-25(19-29(32)34)27-10-12-31-20-28(27)30(35)33(26-8-9-26)21-24-17-22(6-4-14-36-2)16-23(18-24)7-5-15-37-3/h11,13,16-19,26-28,31H,4-10,12,14-15,20-21H2,1-3H3/t27-,28+/m1/s1. The first kappa shape index (κ1) is 27.6. The Morgan fingerprint density at radius 3 is 2.24 bits per heavy atom. The average molecular weight is 510 g/mol. The van der Waals surface area contributed by atoms with E-state index in [0.29, 0.717) is 19.1 Å². The van der Waals surface area contributed by atoms with Gasteiger partial charge in [0.15, 0.2) is 0 Å². The van der Waals surface area contributed by atoms with Crippen molar-refractivity contribution in [3.63, 3.8) is 0 Å². The molecule has 0 spiro atoms. The molecule has 0 bridgehead atoms. The summed E-state index contributed by atoms with van der Waals surface area (Å²) in [4.78, 5) is 28.5. The van der Waals surface area contributed by atoms with Crippen LogP contribution in [0.4, 0.5) is 0 Å². The van der Waals surface area contributed by atoms with Crippen molar-refractivity contribution in [1.29, 1.82) is 0 Å². The van der Waals surface area contributed by atoms with Gasteiger partial charge in [0.25, 0.3) is 5.56 Å². The van der Waals surface area contributed by atoms with Crippen LogP contribution in [0.15, 0.2) is 41.3 Å². The lowest BCUT2D eigenvalue weighted by Crippen LogP contribution is -2.47. The molecule has 1 aromatic heterocycles. The molecule has 1 amide bonds. The Bertz CT molecular complexity index is 1070. The first-order chi connectivity index (χ1) is 18.0. The number of amides is 1. The highest BCUT2D eigenvalue weighted by Crippen LogP contribution is 2.36. The smallest absolute Gasteiger partial charge is 0.250 e. The summed E-state index contributed by atoms with van der Waals surface area (Å²) < 4.78 is 12.1. The van der Waals surface area contributed by atoms with Crippen LogP contribution >= 0.6 is 0 Å². The van der Waals surface area contributed by atoms with Gasteiger partial charge in [-0.05, 0) is 85.7 Å². The fourth-order valence-electron chi connectivity index (χ4n) is 5.55. The lowest BCUT2D eigenvalue weighted by Gasteiger charge is -2.36. The molecule has 2 atom stereocenters. The quantitative estimate of drug-likeness (QED) is 0.419. The summed E-state index contributed by atoms with van der Waals surface area (Å²) in [6.07, 6.45) is 8.71. The molecule has 7 heteroatoms. The summed E-state index contributed by atoms with van der Waals surface area (Å²) in [7, 11) is 5.25. The number of piperidine rings is 1. The van der Waals surface area contributed by atoms with Gasteiger partial charge < -0.3 is 24.3 Å². The van der Waals surface area contributed by atoms with E-state index in [4.69, 9.17) is 9.47 Å². The van der Waals surface area contributed by atoms with E-state index in [1.807, 2.05) is 12.3 Å². The maximum atomic E-state index is 14.1. The number of hydrogen-bond donors (Lipinski definition) is 1. The number of nitrogens with one attached hydrogen (secondary N) is 1. The van der Waals surface area contributed by atoms with Crippen LogP contribution in [0.3, 0.4) is 0 Å². The molecule has 0 radical (unpaired) electrons. The van der Waals surface area contributed by atoms with Gasteiger partial charge in [0.05, 0.1) is 5.92 Å². The largest absolute Gasteiger partial charge is 0.385 e. The van der Waals surface area contributed by atoms with Crippen molar-refractivity contribution < 1.29 is 14.3 Å². The average Bonchev–Trinajstić information content (AvgIpc) is 3.74. The maximum absolute atomic E-state index is 14.1. The Morgan fingerprint density at radius 2 is 1.65 bits per heavy atom. The van der Waals surface area contributed by atoms with Crippen molar-refractivity contribution in [2.75, 3.05) is 40.5 Å². The number of carbonyl (C=O) groups is 1. The number of aromatic nitrogens is 1. The molecule has 2 heterocycles. The molecule has 1 aliphatic carbocycles. The highest BCUT2D eigenvalue weighted by Gasteiger charge is 2.40. The zero-order valence-corrected chi connectivity index (χ0v) is 22.7. The lowest BCUT2D eigenvalue weighted by molar-refractivity contribution is -0.138. The summed E-state index contributed by atoms with van der Waals surface area (Å²) in [5.41, 5.74) is 4.79. The molecule has 1 saturated carbocycles. The van der Waals surface area contributed by atoms with E-state index in [1.165, 1.54) is 16.7 Å². The highest BCUT2D eigenvalue weighted by atomic mass is 16.5. The molecule has 1 saturated heterocycles. The van der Waals surface area contributed by atoms with Gasteiger partial charge in [-0.1, -0.05) is 18.2 Å². The summed E-state index contributed by atoms with van der Waals surface area (Å²) >= 11 is 0. The first-order valence-electron chi connectivity index (χ1n) is 13.8. The van der Waals surface area contributed by atoms with Crippen LogP contribution in [-0.4, -0.2) is 61.9 Å². The van der Waals surface area contributed by atoms with Crippen LogP contribution in [0.2, 0.25) is 0 Å². The van der Waals surface area contributed by atoms with Gasteiger partial charge in [-0.2, -0.15) is 0 Å². The van der Waals surface area contributed by atoms with Crippen LogP contribution in [0, 0.1) is 5.92 Å². The zero-order valence-electron chi connectivity index (χ0n) is 22.7. The summed E-state index contributed by atoms with van der Waals surface area (Å²) in [5.74, 6) is 0.118. The SMILES string of the molecule is COCCCc1cc(CCCOC)cc(CN(C(=O)[C@H]2CNCC[C@@H]2c2ccn(C)c(=O)c2)C2CC2)c1. The second-order valence-corrected chi connectivity index (χ2v) is 10.7. The molecule has 37 heavy (non-hydrogen) atoms.